The summed E-state index contributed by atoms with van der Waals surface area (Å²) in [5, 5.41) is 8.01. The van der Waals surface area contributed by atoms with Crippen LogP contribution in [-0.2, 0) is 16.0 Å². The van der Waals surface area contributed by atoms with E-state index in [4.69, 9.17) is 4.74 Å². The van der Waals surface area contributed by atoms with Crippen molar-refractivity contribution in [3.05, 3.63) is 35.5 Å². The molecule has 1 aliphatic rings. The van der Waals surface area contributed by atoms with Crippen molar-refractivity contribution in [3.63, 3.8) is 0 Å². The van der Waals surface area contributed by atoms with Crippen molar-refractivity contribution in [2.24, 2.45) is 4.99 Å². The summed E-state index contributed by atoms with van der Waals surface area (Å²) in [5.41, 5.74) is 3.72. The summed E-state index contributed by atoms with van der Waals surface area (Å²) in [5.74, 6) is 0.637. The van der Waals surface area contributed by atoms with E-state index in [0.717, 1.165) is 37.9 Å². The van der Waals surface area contributed by atoms with Crippen LogP contribution in [-0.4, -0.2) is 68.2 Å². The smallest absolute Gasteiger partial charge is 0.243 e. The molecule has 1 aromatic heterocycles. The largest absolute Gasteiger partial charge is 0.376 e. The second-order valence-corrected chi connectivity index (χ2v) is 7.81. The van der Waals surface area contributed by atoms with Gasteiger partial charge in [-0.2, -0.15) is 0 Å². The van der Waals surface area contributed by atoms with Gasteiger partial charge in [0, 0.05) is 50.9 Å². The number of nitrogens with one attached hydrogen (secondary N) is 3. The average Bonchev–Trinajstić information content (AvgIpc) is 3.14. The van der Waals surface area contributed by atoms with Gasteiger partial charge in [-0.1, -0.05) is 12.1 Å². The molecule has 1 saturated heterocycles. The summed E-state index contributed by atoms with van der Waals surface area (Å²) < 4.78 is 5.79. The quantitative estimate of drug-likeness (QED) is 0.294. The summed E-state index contributed by atoms with van der Waals surface area (Å²) in [4.78, 5) is 21.3. The van der Waals surface area contributed by atoms with E-state index in [9.17, 15) is 4.79 Å². The molecule has 1 amide bonds. The highest BCUT2D eigenvalue weighted by Crippen LogP contribution is 2.22. The predicted octanol–water partition coefficient (Wildman–Crippen LogP) is 2.83. The fourth-order valence-electron chi connectivity index (χ4n) is 3.61. The summed E-state index contributed by atoms with van der Waals surface area (Å²) in [6.07, 6.45) is 6.55. The molecule has 7 nitrogen and oxygen atoms in total. The van der Waals surface area contributed by atoms with Crippen LogP contribution in [0.25, 0.3) is 10.9 Å². The number of aromatic nitrogens is 1. The van der Waals surface area contributed by atoms with Crippen molar-refractivity contribution in [2.45, 2.75) is 38.7 Å². The van der Waals surface area contributed by atoms with Crippen LogP contribution in [0.3, 0.4) is 0 Å². The number of carbonyl (C=O) groups excluding carboxylic acids is 1. The van der Waals surface area contributed by atoms with Gasteiger partial charge in [0.2, 0.25) is 5.91 Å². The molecule has 0 aliphatic carbocycles. The Morgan fingerprint density at radius 3 is 2.87 bits per heavy atom. The number of carbonyl (C=O) groups is 1. The van der Waals surface area contributed by atoms with Crippen molar-refractivity contribution in [2.75, 3.05) is 40.3 Å². The molecule has 0 radical (unpaired) electrons. The second-order valence-electron chi connectivity index (χ2n) is 7.81. The van der Waals surface area contributed by atoms with Crippen LogP contribution < -0.4 is 10.6 Å². The SMILES string of the molecule is Cc1cccc2[nH]cc(CCNC(=NCC(=O)N(C)C)NCC3CCCCO3)c12.I. The lowest BCUT2D eigenvalue weighted by Crippen LogP contribution is -2.43. The van der Waals surface area contributed by atoms with Gasteiger partial charge in [0.15, 0.2) is 5.96 Å². The number of likely N-dealkylation sites (N-methyl/N-ethyl adjacent to an activating group) is 1. The maximum absolute atomic E-state index is 11.9. The van der Waals surface area contributed by atoms with Gasteiger partial charge in [-0.3, -0.25) is 4.79 Å². The zero-order valence-corrected chi connectivity index (χ0v) is 20.5. The Labute approximate surface area is 196 Å². The molecule has 3 rings (SSSR count). The van der Waals surface area contributed by atoms with Crippen molar-refractivity contribution < 1.29 is 9.53 Å². The standard InChI is InChI=1S/C22H33N5O2.HI/c1-16-7-6-9-19-21(16)17(13-24-19)10-11-23-22(26-15-20(28)27(2)3)25-14-18-8-4-5-12-29-18;/h6-7,9,13,18,24H,4-5,8,10-12,14-15H2,1-3H3,(H2,23,25,26);1H. The number of amides is 1. The maximum atomic E-state index is 11.9. The lowest BCUT2D eigenvalue weighted by molar-refractivity contribution is -0.127. The molecule has 0 saturated carbocycles. The first-order chi connectivity index (χ1) is 14.0. The van der Waals surface area contributed by atoms with Crippen LogP contribution in [0.2, 0.25) is 0 Å². The zero-order valence-electron chi connectivity index (χ0n) is 18.2. The van der Waals surface area contributed by atoms with E-state index in [2.05, 4.69) is 51.9 Å². The molecular weight excluding hydrogens is 493 g/mol. The molecule has 0 spiro atoms. The van der Waals surface area contributed by atoms with Crippen LogP contribution in [0.1, 0.15) is 30.4 Å². The summed E-state index contributed by atoms with van der Waals surface area (Å²) in [7, 11) is 3.49. The number of ether oxygens (including phenoxy) is 1. The van der Waals surface area contributed by atoms with Crippen LogP contribution >= 0.6 is 24.0 Å². The van der Waals surface area contributed by atoms with Crippen molar-refractivity contribution in [1.29, 1.82) is 0 Å². The molecule has 1 atom stereocenters. The monoisotopic (exact) mass is 527 g/mol. The molecule has 2 aromatic rings. The zero-order chi connectivity index (χ0) is 20.6. The number of fused-ring (bicyclic) bond motifs is 1. The Hall–Kier alpha value is -1.81. The van der Waals surface area contributed by atoms with E-state index in [1.54, 1.807) is 19.0 Å². The van der Waals surface area contributed by atoms with Gasteiger partial charge in [-0.25, -0.2) is 4.99 Å². The van der Waals surface area contributed by atoms with Crippen molar-refractivity contribution in [3.8, 4) is 0 Å². The number of benzene rings is 1. The minimum Gasteiger partial charge on any atom is -0.376 e. The van der Waals surface area contributed by atoms with Crippen molar-refractivity contribution >= 4 is 46.7 Å². The number of rotatable bonds is 7. The first-order valence-electron chi connectivity index (χ1n) is 10.4. The lowest BCUT2D eigenvalue weighted by atomic mass is 10.1. The molecular formula is C22H34IN5O2. The van der Waals surface area contributed by atoms with Gasteiger partial charge in [-0.05, 0) is 49.8 Å². The van der Waals surface area contributed by atoms with Gasteiger partial charge in [0.1, 0.15) is 6.54 Å². The Kier molecular flexibility index (Phi) is 9.90. The number of halogens is 1. The number of aliphatic imine (C=N–C) groups is 1. The third kappa shape index (κ3) is 6.87. The van der Waals surface area contributed by atoms with E-state index < -0.39 is 0 Å². The number of hydrogen-bond donors (Lipinski definition) is 3. The highest BCUT2D eigenvalue weighted by atomic mass is 127. The lowest BCUT2D eigenvalue weighted by Gasteiger charge is -2.24. The van der Waals surface area contributed by atoms with E-state index in [0.29, 0.717) is 12.5 Å². The van der Waals surface area contributed by atoms with Crippen LogP contribution in [0, 0.1) is 6.92 Å². The number of nitrogens with zero attached hydrogens (tertiary/aromatic N) is 2. The van der Waals surface area contributed by atoms with Crippen LogP contribution in [0.15, 0.2) is 29.4 Å². The number of guanidine groups is 1. The Morgan fingerprint density at radius 1 is 1.30 bits per heavy atom. The minimum atomic E-state index is -0.0210. The molecule has 30 heavy (non-hydrogen) atoms. The normalized spacial score (nSPS) is 16.8. The second kappa shape index (κ2) is 12.1. The van der Waals surface area contributed by atoms with Gasteiger partial charge < -0.3 is 25.3 Å². The van der Waals surface area contributed by atoms with Gasteiger partial charge in [0.25, 0.3) is 0 Å². The molecule has 0 bridgehead atoms. The summed E-state index contributed by atoms with van der Waals surface area (Å²) in [6.45, 7) is 4.52. The Balaban J connectivity index is 0.00000320. The molecule has 1 aromatic carbocycles. The molecule has 3 N–H and O–H groups in total. The molecule has 1 unspecified atom stereocenters. The third-order valence-corrected chi connectivity index (χ3v) is 5.32. The van der Waals surface area contributed by atoms with Gasteiger partial charge >= 0.3 is 0 Å². The van der Waals surface area contributed by atoms with Gasteiger partial charge in [-0.15, -0.1) is 24.0 Å². The average molecular weight is 527 g/mol. The summed E-state index contributed by atoms with van der Waals surface area (Å²) >= 11 is 0. The van der Waals surface area contributed by atoms with E-state index in [-0.39, 0.29) is 42.5 Å². The highest BCUT2D eigenvalue weighted by Gasteiger charge is 2.14. The van der Waals surface area contributed by atoms with E-state index >= 15 is 0 Å². The Bertz CT molecular complexity index is 843. The van der Waals surface area contributed by atoms with Crippen LogP contribution in [0.5, 0.6) is 0 Å². The topological polar surface area (TPSA) is 81.8 Å². The predicted molar refractivity (Wildman–Crippen MR) is 133 cm³/mol. The molecule has 1 aliphatic heterocycles. The first-order valence-corrected chi connectivity index (χ1v) is 10.4. The Morgan fingerprint density at radius 2 is 2.13 bits per heavy atom. The fourth-order valence-corrected chi connectivity index (χ4v) is 3.61. The molecule has 8 heteroatoms. The van der Waals surface area contributed by atoms with Crippen LogP contribution in [0.4, 0.5) is 0 Å². The molecule has 1 fully saturated rings. The van der Waals surface area contributed by atoms with Crippen molar-refractivity contribution in [1.82, 2.24) is 20.5 Å². The molecule has 2 heterocycles. The maximum Gasteiger partial charge on any atom is 0.243 e. The minimum absolute atomic E-state index is 0. The number of H-pyrrole nitrogens is 1. The number of hydrogen-bond acceptors (Lipinski definition) is 3. The third-order valence-electron chi connectivity index (χ3n) is 5.32. The van der Waals surface area contributed by atoms with E-state index in [1.165, 1.54) is 22.9 Å². The van der Waals surface area contributed by atoms with E-state index in [1.807, 2.05) is 0 Å². The first kappa shape index (κ1) is 24.5. The van der Waals surface area contributed by atoms with Gasteiger partial charge in [0.05, 0.1) is 6.10 Å². The summed E-state index contributed by atoms with van der Waals surface area (Å²) in [6, 6.07) is 6.31. The molecule has 166 valence electrons. The number of aryl methyl sites for hydroxylation is 1. The fraction of sp³-hybridized carbons (Fsp3) is 0.545. The number of aromatic amines is 1. The highest BCUT2D eigenvalue weighted by molar-refractivity contribution is 14.0.